The van der Waals surface area contributed by atoms with Crippen LogP contribution in [-0.2, 0) is 9.59 Å². The Morgan fingerprint density at radius 1 is 1.19 bits per heavy atom. The first-order chi connectivity index (χ1) is 13.0. The summed E-state index contributed by atoms with van der Waals surface area (Å²) in [7, 11) is 0. The molecule has 0 bridgehead atoms. The summed E-state index contributed by atoms with van der Waals surface area (Å²) in [5.41, 5.74) is 5.98. The van der Waals surface area contributed by atoms with Crippen LogP contribution in [0.3, 0.4) is 0 Å². The molecule has 9 heteroatoms. The van der Waals surface area contributed by atoms with Crippen LogP contribution in [0.15, 0.2) is 54.4 Å². The number of nitrogens with one attached hydrogen (secondary N) is 1. The number of rotatable bonds is 7. The lowest BCUT2D eigenvalue weighted by atomic mass is 10.2. The average Bonchev–Trinajstić information content (AvgIpc) is 2.91. The second kappa shape index (κ2) is 7.67. The number of aromatic nitrogens is 1. The minimum Gasteiger partial charge on any atom is -0.457 e. The predicted octanol–water partition coefficient (Wildman–Crippen LogP) is 0.630. The van der Waals surface area contributed by atoms with Crippen LogP contribution >= 0.6 is 0 Å². The quantitative estimate of drug-likeness (QED) is 0.610. The molecule has 9 nitrogen and oxygen atoms in total. The minimum atomic E-state index is -0.653. The Labute approximate surface area is 154 Å². The van der Waals surface area contributed by atoms with Crippen LogP contribution in [-0.4, -0.2) is 45.9 Å². The molecule has 0 unspecified atom stereocenters. The number of hydrogen-bond donors (Lipinski definition) is 3. The molecular weight excluding hydrogens is 352 g/mol. The van der Waals surface area contributed by atoms with Crippen LogP contribution in [0.4, 0.5) is 5.69 Å². The molecule has 0 atom stereocenters. The van der Waals surface area contributed by atoms with Gasteiger partial charge in [-0.3, -0.25) is 24.3 Å². The number of nitrogens with zero attached hydrogens (tertiary/aromatic N) is 2. The largest absolute Gasteiger partial charge is 0.457 e. The van der Waals surface area contributed by atoms with E-state index in [0.717, 1.165) is 4.90 Å². The van der Waals surface area contributed by atoms with Gasteiger partial charge in [-0.15, -0.1) is 0 Å². The maximum Gasteiger partial charge on any atom is 0.277 e. The number of aliphatic hydroxyl groups excluding tert-OH is 1. The van der Waals surface area contributed by atoms with E-state index in [1.54, 1.807) is 30.3 Å². The Hall–Kier alpha value is -3.72. The van der Waals surface area contributed by atoms with Crippen LogP contribution in [0, 0.1) is 0 Å². The number of aliphatic hydroxyl groups is 1. The molecule has 3 rings (SSSR count). The number of benzene rings is 1. The molecule has 1 aromatic heterocycles. The van der Waals surface area contributed by atoms with Crippen LogP contribution in [0.1, 0.15) is 10.5 Å². The molecule has 1 aliphatic rings. The van der Waals surface area contributed by atoms with E-state index in [1.165, 1.54) is 18.3 Å². The van der Waals surface area contributed by atoms with E-state index in [2.05, 4.69) is 10.3 Å². The fraction of sp³-hybridized carbons (Fsp3) is 0.111. The molecule has 138 valence electrons. The van der Waals surface area contributed by atoms with Gasteiger partial charge in [0.05, 0.1) is 13.2 Å². The molecule has 0 radical (unpaired) electrons. The predicted molar refractivity (Wildman–Crippen MR) is 94.8 cm³/mol. The SMILES string of the molecule is NC(=O)c1cc(Oc2ccc(NC3=CC(=O)N(CCO)C3=O)cc2)ccn1. The van der Waals surface area contributed by atoms with Gasteiger partial charge in [0.15, 0.2) is 0 Å². The van der Waals surface area contributed by atoms with E-state index in [4.69, 9.17) is 15.6 Å². The first kappa shape index (κ1) is 18.1. The van der Waals surface area contributed by atoms with Gasteiger partial charge in [0.25, 0.3) is 17.7 Å². The molecule has 1 aliphatic heterocycles. The van der Waals surface area contributed by atoms with E-state index in [-0.39, 0.29) is 24.5 Å². The maximum atomic E-state index is 12.1. The third kappa shape index (κ3) is 4.10. The number of carbonyl (C=O) groups is 3. The van der Waals surface area contributed by atoms with Gasteiger partial charge in [0.1, 0.15) is 22.9 Å². The number of hydrogen-bond acceptors (Lipinski definition) is 7. The van der Waals surface area contributed by atoms with Crippen LogP contribution in [0.2, 0.25) is 0 Å². The van der Waals surface area contributed by atoms with Gasteiger partial charge in [-0.05, 0) is 30.3 Å². The van der Waals surface area contributed by atoms with Crippen LogP contribution in [0.25, 0.3) is 0 Å². The van der Waals surface area contributed by atoms with Crippen molar-refractivity contribution in [2.24, 2.45) is 5.73 Å². The zero-order valence-electron chi connectivity index (χ0n) is 14.1. The molecule has 0 spiro atoms. The van der Waals surface area contributed by atoms with Crippen molar-refractivity contribution in [1.82, 2.24) is 9.88 Å². The fourth-order valence-electron chi connectivity index (χ4n) is 2.42. The van der Waals surface area contributed by atoms with Gasteiger partial charge in [0.2, 0.25) is 0 Å². The summed E-state index contributed by atoms with van der Waals surface area (Å²) in [6.07, 6.45) is 2.60. The van der Waals surface area contributed by atoms with Gasteiger partial charge in [0, 0.05) is 24.0 Å². The molecule has 27 heavy (non-hydrogen) atoms. The molecule has 0 fully saturated rings. The number of anilines is 1. The number of amides is 3. The summed E-state index contributed by atoms with van der Waals surface area (Å²) in [6.45, 7) is -0.345. The van der Waals surface area contributed by atoms with Gasteiger partial charge in [-0.25, -0.2) is 0 Å². The number of ether oxygens (including phenoxy) is 1. The van der Waals surface area contributed by atoms with Crippen molar-refractivity contribution >= 4 is 23.4 Å². The van der Waals surface area contributed by atoms with Crippen molar-refractivity contribution in [3.8, 4) is 11.5 Å². The van der Waals surface area contributed by atoms with Crippen molar-refractivity contribution in [2.75, 3.05) is 18.5 Å². The lowest BCUT2D eigenvalue weighted by Gasteiger charge is -2.13. The van der Waals surface area contributed by atoms with Crippen LogP contribution in [0.5, 0.6) is 11.5 Å². The lowest BCUT2D eigenvalue weighted by molar-refractivity contribution is -0.137. The second-order valence-electron chi connectivity index (χ2n) is 5.57. The topological polar surface area (TPSA) is 135 Å². The number of carbonyl (C=O) groups excluding carboxylic acids is 3. The number of β-amino-alcohol motifs (C(OH)–C–C–N with tert-alkyl or cyclic N) is 1. The Morgan fingerprint density at radius 2 is 1.93 bits per heavy atom. The highest BCUT2D eigenvalue weighted by Crippen LogP contribution is 2.24. The Balaban J connectivity index is 1.67. The van der Waals surface area contributed by atoms with E-state index in [9.17, 15) is 14.4 Å². The van der Waals surface area contributed by atoms with Gasteiger partial charge < -0.3 is 20.9 Å². The summed E-state index contributed by atoms with van der Waals surface area (Å²) in [5.74, 6) is -0.728. The monoisotopic (exact) mass is 368 g/mol. The first-order valence-electron chi connectivity index (χ1n) is 7.97. The lowest BCUT2D eigenvalue weighted by Crippen LogP contribution is -2.34. The van der Waals surface area contributed by atoms with Crippen molar-refractivity contribution in [2.45, 2.75) is 0 Å². The molecule has 0 aliphatic carbocycles. The maximum absolute atomic E-state index is 12.1. The first-order valence-corrected chi connectivity index (χ1v) is 7.97. The van der Waals surface area contributed by atoms with Crippen molar-refractivity contribution in [3.05, 3.63) is 60.1 Å². The van der Waals surface area contributed by atoms with Crippen molar-refractivity contribution in [3.63, 3.8) is 0 Å². The highest BCUT2D eigenvalue weighted by Gasteiger charge is 2.30. The van der Waals surface area contributed by atoms with Gasteiger partial charge in [-0.1, -0.05) is 0 Å². The smallest absolute Gasteiger partial charge is 0.277 e. The number of imide groups is 1. The summed E-state index contributed by atoms with van der Waals surface area (Å²) in [6, 6.07) is 9.65. The molecule has 0 saturated carbocycles. The molecule has 1 aromatic carbocycles. The number of pyridine rings is 1. The standard InChI is InChI=1S/C18H16N4O5/c19-17(25)14-9-13(5-6-20-14)27-12-3-1-11(2-4-12)21-15-10-16(24)22(7-8-23)18(15)26/h1-6,9-10,21,23H,7-8H2,(H2,19,25). The normalized spacial score (nSPS) is 13.5. The fourth-order valence-corrected chi connectivity index (χ4v) is 2.42. The summed E-state index contributed by atoms with van der Waals surface area (Å²) < 4.78 is 5.63. The molecule has 4 N–H and O–H groups in total. The van der Waals surface area contributed by atoms with Crippen molar-refractivity contribution < 1.29 is 24.2 Å². The number of primary amides is 1. The van der Waals surface area contributed by atoms with E-state index < -0.39 is 17.7 Å². The third-order valence-corrected chi connectivity index (χ3v) is 3.69. The molecule has 2 aromatic rings. The Kier molecular flexibility index (Phi) is 5.13. The molecule has 0 saturated heterocycles. The van der Waals surface area contributed by atoms with Gasteiger partial charge >= 0.3 is 0 Å². The highest BCUT2D eigenvalue weighted by molar-refractivity contribution is 6.17. The Bertz CT molecular complexity index is 924. The van der Waals surface area contributed by atoms with Gasteiger partial charge in [-0.2, -0.15) is 0 Å². The zero-order valence-corrected chi connectivity index (χ0v) is 14.1. The third-order valence-electron chi connectivity index (χ3n) is 3.69. The molecule has 2 heterocycles. The summed E-state index contributed by atoms with van der Waals surface area (Å²) in [4.78, 5) is 39.8. The van der Waals surface area contributed by atoms with Crippen molar-refractivity contribution in [1.29, 1.82) is 0 Å². The second-order valence-corrected chi connectivity index (χ2v) is 5.57. The molecular formula is C18H16N4O5. The number of nitrogens with two attached hydrogens (primary N) is 1. The zero-order chi connectivity index (χ0) is 19.4. The molecule has 3 amide bonds. The van der Waals surface area contributed by atoms with E-state index >= 15 is 0 Å². The highest BCUT2D eigenvalue weighted by atomic mass is 16.5. The van der Waals surface area contributed by atoms with Crippen LogP contribution < -0.4 is 15.8 Å². The van der Waals surface area contributed by atoms with E-state index in [1.807, 2.05) is 0 Å². The minimum absolute atomic E-state index is 0.0502. The summed E-state index contributed by atoms with van der Waals surface area (Å²) >= 11 is 0. The summed E-state index contributed by atoms with van der Waals surface area (Å²) in [5, 5.41) is 11.8. The Morgan fingerprint density at radius 3 is 2.59 bits per heavy atom. The van der Waals surface area contributed by atoms with E-state index in [0.29, 0.717) is 17.2 Å². The average molecular weight is 368 g/mol.